The molecule has 12 heteroatoms. The first kappa shape index (κ1) is 23.0. The SMILES string of the molecule is CC(=O)O[Si](OC(C)=O)(OC(C)=O)[Si](OC(C)=O)(OC(C)=O)c1ccccc1. The van der Waals surface area contributed by atoms with E-state index in [0.29, 0.717) is 0 Å². The van der Waals surface area contributed by atoms with Crippen molar-refractivity contribution in [2.45, 2.75) is 34.6 Å². The predicted octanol–water partition coefficient (Wildman–Crippen LogP) is 0.169. The van der Waals surface area contributed by atoms with Gasteiger partial charge in [0.05, 0.1) is 0 Å². The topological polar surface area (TPSA) is 132 Å². The molecule has 0 heterocycles. The largest absolute Gasteiger partial charge is 0.771 e. The maximum Gasteiger partial charge on any atom is 0.771 e. The van der Waals surface area contributed by atoms with Crippen LogP contribution < -0.4 is 5.19 Å². The zero-order valence-corrected chi connectivity index (χ0v) is 18.0. The Morgan fingerprint density at radius 1 is 0.571 bits per heavy atom. The first-order chi connectivity index (χ1) is 12.9. The smallest absolute Gasteiger partial charge is 0.477 e. The van der Waals surface area contributed by atoms with E-state index < -0.39 is 46.2 Å². The highest BCUT2D eigenvalue weighted by Crippen LogP contribution is 2.28. The van der Waals surface area contributed by atoms with Crippen LogP contribution in [0.2, 0.25) is 0 Å². The molecular weight excluding hydrogens is 408 g/mol. The zero-order chi connectivity index (χ0) is 21.5. The lowest BCUT2D eigenvalue weighted by molar-refractivity contribution is -0.150. The van der Waals surface area contributed by atoms with Crippen LogP contribution in [0.4, 0.5) is 0 Å². The van der Waals surface area contributed by atoms with E-state index in [1.807, 2.05) is 0 Å². The summed E-state index contributed by atoms with van der Waals surface area (Å²) in [4.78, 5) is 59.4. The average Bonchev–Trinajstić information content (AvgIpc) is 2.51. The summed E-state index contributed by atoms with van der Waals surface area (Å²) in [5, 5.41) is 0.0795. The van der Waals surface area contributed by atoms with Crippen LogP contribution in [0.5, 0.6) is 0 Å². The van der Waals surface area contributed by atoms with Gasteiger partial charge in [-0.1, -0.05) is 30.3 Å². The minimum atomic E-state index is -4.93. The molecule has 0 amide bonds. The third-order valence-electron chi connectivity index (χ3n) is 2.97. The van der Waals surface area contributed by atoms with Crippen molar-refractivity contribution in [2.75, 3.05) is 0 Å². The summed E-state index contributed by atoms with van der Waals surface area (Å²) >= 11 is 0. The van der Waals surface area contributed by atoms with E-state index in [4.69, 9.17) is 22.1 Å². The Labute approximate surface area is 163 Å². The highest BCUT2D eigenvalue weighted by atomic mass is 29.3. The van der Waals surface area contributed by atoms with Gasteiger partial charge < -0.3 is 22.1 Å². The number of hydrogen-bond donors (Lipinski definition) is 0. The minimum Gasteiger partial charge on any atom is -0.477 e. The summed E-state index contributed by atoms with van der Waals surface area (Å²) in [6.07, 6.45) is 0. The summed E-state index contributed by atoms with van der Waals surface area (Å²) in [6.45, 7) is 4.95. The van der Waals surface area contributed by atoms with Crippen molar-refractivity contribution in [1.82, 2.24) is 0 Å². The van der Waals surface area contributed by atoms with Gasteiger partial charge >= 0.3 is 16.4 Å². The van der Waals surface area contributed by atoms with Crippen molar-refractivity contribution in [3.8, 4) is 0 Å². The molecule has 0 N–H and O–H groups in total. The predicted molar refractivity (Wildman–Crippen MR) is 96.4 cm³/mol. The van der Waals surface area contributed by atoms with Crippen LogP contribution in [0.15, 0.2) is 30.3 Å². The number of carbonyl (C=O) groups is 5. The van der Waals surface area contributed by atoms with Gasteiger partial charge in [0.15, 0.2) is 0 Å². The number of benzene rings is 1. The second kappa shape index (κ2) is 9.28. The first-order valence-electron chi connectivity index (χ1n) is 7.97. The van der Waals surface area contributed by atoms with Gasteiger partial charge in [0, 0.05) is 39.8 Å². The Kier molecular flexibility index (Phi) is 7.63. The van der Waals surface area contributed by atoms with Crippen LogP contribution in [0.1, 0.15) is 34.6 Å². The van der Waals surface area contributed by atoms with Gasteiger partial charge in [-0.15, -0.1) is 0 Å². The summed E-state index contributed by atoms with van der Waals surface area (Å²) < 4.78 is 26.4. The maximum absolute atomic E-state index is 11.9. The van der Waals surface area contributed by atoms with Crippen LogP contribution in [-0.4, -0.2) is 46.2 Å². The van der Waals surface area contributed by atoms with Crippen LogP contribution in [-0.2, 0) is 46.1 Å². The van der Waals surface area contributed by atoms with E-state index in [9.17, 15) is 24.0 Å². The van der Waals surface area contributed by atoms with E-state index in [1.165, 1.54) is 24.3 Å². The first-order valence-corrected chi connectivity index (χ1v) is 12.5. The van der Waals surface area contributed by atoms with E-state index in [0.717, 1.165) is 34.6 Å². The van der Waals surface area contributed by atoms with Crippen molar-refractivity contribution in [1.29, 1.82) is 0 Å². The Morgan fingerprint density at radius 3 is 1.18 bits per heavy atom. The lowest BCUT2D eigenvalue weighted by Gasteiger charge is -2.37. The third-order valence-corrected chi connectivity index (χ3v) is 12.5. The second-order valence-electron chi connectivity index (χ2n) is 5.51. The Balaban J connectivity index is 3.97. The molecule has 0 saturated heterocycles. The zero-order valence-electron chi connectivity index (χ0n) is 16.0. The molecule has 1 aromatic carbocycles. The molecular formula is C16H20O10Si2. The van der Waals surface area contributed by atoms with Crippen LogP contribution in [0, 0.1) is 0 Å². The quantitative estimate of drug-likeness (QED) is 0.554. The molecule has 0 spiro atoms. The van der Waals surface area contributed by atoms with Crippen molar-refractivity contribution >= 4 is 51.4 Å². The molecule has 0 bridgehead atoms. The van der Waals surface area contributed by atoms with Gasteiger partial charge in [-0.2, -0.15) is 0 Å². The lowest BCUT2D eigenvalue weighted by atomic mass is 10.4. The van der Waals surface area contributed by atoms with Crippen LogP contribution in [0.3, 0.4) is 0 Å². The van der Waals surface area contributed by atoms with Gasteiger partial charge in [-0.05, 0) is 0 Å². The van der Waals surface area contributed by atoms with E-state index in [1.54, 1.807) is 6.07 Å². The van der Waals surface area contributed by atoms with Gasteiger partial charge in [-0.3, -0.25) is 24.0 Å². The van der Waals surface area contributed by atoms with Crippen molar-refractivity contribution in [3.05, 3.63) is 30.3 Å². The fourth-order valence-corrected chi connectivity index (χ4v) is 12.0. The van der Waals surface area contributed by atoms with Crippen LogP contribution in [0.25, 0.3) is 0 Å². The second-order valence-corrected chi connectivity index (χ2v) is 13.3. The molecule has 0 atom stereocenters. The Hall–Kier alpha value is -3.00. The Morgan fingerprint density at radius 2 is 0.893 bits per heavy atom. The lowest BCUT2D eigenvalue weighted by Crippen LogP contribution is -2.79. The van der Waals surface area contributed by atoms with Gasteiger partial charge in [0.25, 0.3) is 29.8 Å². The van der Waals surface area contributed by atoms with Crippen molar-refractivity contribution in [2.24, 2.45) is 0 Å². The van der Waals surface area contributed by atoms with Gasteiger partial charge in [-0.25, -0.2) is 0 Å². The molecule has 0 aliphatic carbocycles. The molecule has 28 heavy (non-hydrogen) atoms. The van der Waals surface area contributed by atoms with E-state index >= 15 is 0 Å². The molecule has 0 radical (unpaired) electrons. The molecule has 0 fully saturated rings. The normalized spacial score (nSPS) is 11.0. The minimum absolute atomic E-state index is 0.0795. The summed E-state index contributed by atoms with van der Waals surface area (Å²) in [7, 11) is -9.58. The number of hydrogen-bond acceptors (Lipinski definition) is 10. The van der Waals surface area contributed by atoms with E-state index in [2.05, 4.69) is 0 Å². The van der Waals surface area contributed by atoms with Crippen molar-refractivity contribution in [3.63, 3.8) is 0 Å². The fourth-order valence-electron chi connectivity index (χ4n) is 2.33. The summed E-state index contributed by atoms with van der Waals surface area (Å²) in [5.74, 6) is -4.86. The summed E-state index contributed by atoms with van der Waals surface area (Å²) in [5.41, 5.74) is 0. The van der Waals surface area contributed by atoms with E-state index in [-0.39, 0.29) is 5.19 Å². The molecule has 1 rings (SSSR count). The van der Waals surface area contributed by atoms with Crippen molar-refractivity contribution < 1.29 is 46.1 Å². The molecule has 1 aromatic rings. The molecule has 0 aliphatic rings. The van der Waals surface area contributed by atoms with Gasteiger partial charge in [0.1, 0.15) is 0 Å². The molecule has 0 unspecified atom stereocenters. The van der Waals surface area contributed by atoms with Crippen LogP contribution >= 0.6 is 0 Å². The molecule has 0 saturated carbocycles. The molecule has 152 valence electrons. The molecule has 0 aliphatic heterocycles. The molecule has 0 aromatic heterocycles. The molecule has 10 nitrogen and oxygen atoms in total. The average molecular weight is 428 g/mol. The third kappa shape index (κ3) is 5.50. The standard InChI is InChI=1S/C16H20O10Si2/c1-11(17)22-27(23-12(2)18,16-9-7-6-8-10-16)28(24-13(3)19,25-14(4)20)26-15(5)21/h6-10H,1-5H3. The number of rotatable bonds is 7. The highest BCUT2D eigenvalue weighted by Gasteiger charge is 2.83. The maximum atomic E-state index is 11.9. The number of carbonyl (C=O) groups excluding carboxylic acids is 5. The monoisotopic (exact) mass is 428 g/mol. The fraction of sp³-hybridized carbons (Fsp3) is 0.312. The Bertz CT molecular complexity index is 720. The van der Waals surface area contributed by atoms with Gasteiger partial charge in [0.2, 0.25) is 0 Å². The highest BCUT2D eigenvalue weighted by molar-refractivity contribution is 7.36. The summed E-state index contributed by atoms with van der Waals surface area (Å²) in [6, 6.07) is 7.50.